The van der Waals surface area contributed by atoms with Gasteiger partial charge in [-0.05, 0) is 44.2 Å². The van der Waals surface area contributed by atoms with Gasteiger partial charge in [0.05, 0.1) is 11.6 Å². The number of hydrogen-bond donors (Lipinski definition) is 2. The van der Waals surface area contributed by atoms with Crippen LogP contribution in [0.3, 0.4) is 0 Å². The van der Waals surface area contributed by atoms with Crippen molar-refractivity contribution in [1.29, 1.82) is 0 Å². The minimum atomic E-state index is -0.202. The lowest BCUT2D eigenvalue weighted by Crippen LogP contribution is -2.55. The first-order chi connectivity index (χ1) is 8.65. The van der Waals surface area contributed by atoms with Gasteiger partial charge in [-0.25, -0.2) is 0 Å². The van der Waals surface area contributed by atoms with E-state index in [1.807, 2.05) is 24.3 Å². The van der Waals surface area contributed by atoms with Crippen LogP contribution >= 0.6 is 11.6 Å². The summed E-state index contributed by atoms with van der Waals surface area (Å²) >= 11 is 6.20. The SMILES string of the molecule is CC1(C(Cc2ccccc2Cl)NN)CCCCO1. The Morgan fingerprint density at radius 1 is 1.44 bits per heavy atom. The summed E-state index contributed by atoms with van der Waals surface area (Å²) < 4.78 is 5.94. The van der Waals surface area contributed by atoms with Gasteiger partial charge in [0.1, 0.15) is 0 Å². The normalized spacial score (nSPS) is 25.9. The third-order valence-corrected chi connectivity index (χ3v) is 4.19. The summed E-state index contributed by atoms with van der Waals surface area (Å²) in [7, 11) is 0. The van der Waals surface area contributed by atoms with Gasteiger partial charge in [-0.15, -0.1) is 0 Å². The number of hydrazine groups is 1. The maximum Gasteiger partial charge on any atom is 0.0823 e. The molecule has 0 radical (unpaired) electrons. The summed E-state index contributed by atoms with van der Waals surface area (Å²) in [6.45, 7) is 2.95. The first kappa shape index (κ1) is 13.8. The van der Waals surface area contributed by atoms with Gasteiger partial charge in [-0.2, -0.15) is 0 Å². The molecule has 2 rings (SSSR count). The molecule has 1 aliphatic heterocycles. The van der Waals surface area contributed by atoms with Crippen LogP contribution in [0.25, 0.3) is 0 Å². The van der Waals surface area contributed by atoms with E-state index in [0.717, 1.165) is 36.5 Å². The Labute approximate surface area is 114 Å². The van der Waals surface area contributed by atoms with Crippen LogP contribution in [0.4, 0.5) is 0 Å². The molecule has 2 unspecified atom stereocenters. The molecule has 0 spiro atoms. The lowest BCUT2D eigenvalue weighted by atomic mass is 9.85. The van der Waals surface area contributed by atoms with E-state index < -0.39 is 0 Å². The Hall–Kier alpha value is -0.610. The molecular formula is C14H21ClN2O. The quantitative estimate of drug-likeness (QED) is 0.652. The van der Waals surface area contributed by atoms with Crippen LogP contribution in [-0.2, 0) is 11.2 Å². The molecule has 1 heterocycles. The summed E-state index contributed by atoms with van der Waals surface area (Å²) in [5.74, 6) is 5.71. The predicted octanol–water partition coefficient (Wildman–Crippen LogP) is 2.67. The van der Waals surface area contributed by atoms with E-state index in [0.29, 0.717) is 0 Å². The first-order valence-electron chi connectivity index (χ1n) is 6.49. The maximum atomic E-state index is 6.20. The monoisotopic (exact) mass is 268 g/mol. The summed E-state index contributed by atoms with van der Waals surface area (Å²) in [6.07, 6.45) is 4.15. The van der Waals surface area contributed by atoms with E-state index in [1.165, 1.54) is 6.42 Å². The lowest BCUT2D eigenvalue weighted by molar-refractivity contribution is -0.0884. The van der Waals surface area contributed by atoms with Crippen LogP contribution in [0.5, 0.6) is 0 Å². The van der Waals surface area contributed by atoms with E-state index in [1.54, 1.807) is 0 Å². The average Bonchev–Trinajstić information content (AvgIpc) is 2.38. The molecule has 0 aliphatic carbocycles. The van der Waals surface area contributed by atoms with Gasteiger partial charge in [-0.3, -0.25) is 11.3 Å². The minimum Gasteiger partial charge on any atom is -0.374 e. The molecule has 100 valence electrons. The molecule has 2 atom stereocenters. The molecule has 1 aliphatic rings. The van der Waals surface area contributed by atoms with E-state index in [4.69, 9.17) is 22.2 Å². The van der Waals surface area contributed by atoms with Crippen molar-refractivity contribution in [2.45, 2.75) is 44.2 Å². The van der Waals surface area contributed by atoms with Gasteiger partial charge in [0, 0.05) is 11.6 Å². The van der Waals surface area contributed by atoms with Crippen LogP contribution in [-0.4, -0.2) is 18.2 Å². The van der Waals surface area contributed by atoms with Crippen LogP contribution in [0.1, 0.15) is 31.7 Å². The molecule has 3 nitrogen and oxygen atoms in total. The topological polar surface area (TPSA) is 47.3 Å². The van der Waals surface area contributed by atoms with Crippen molar-refractivity contribution in [2.24, 2.45) is 5.84 Å². The highest BCUT2D eigenvalue weighted by molar-refractivity contribution is 6.31. The molecule has 1 fully saturated rings. The third kappa shape index (κ3) is 3.04. The third-order valence-electron chi connectivity index (χ3n) is 3.82. The minimum absolute atomic E-state index is 0.0812. The maximum absolute atomic E-state index is 6.20. The molecule has 18 heavy (non-hydrogen) atoms. The van der Waals surface area contributed by atoms with Gasteiger partial charge < -0.3 is 4.74 Å². The van der Waals surface area contributed by atoms with Crippen LogP contribution < -0.4 is 11.3 Å². The van der Waals surface area contributed by atoms with Crippen molar-refractivity contribution in [3.63, 3.8) is 0 Å². The zero-order valence-corrected chi connectivity index (χ0v) is 11.5. The zero-order chi connectivity index (χ0) is 13.0. The van der Waals surface area contributed by atoms with E-state index in [9.17, 15) is 0 Å². The highest BCUT2D eigenvalue weighted by atomic mass is 35.5. The van der Waals surface area contributed by atoms with E-state index in [-0.39, 0.29) is 11.6 Å². The van der Waals surface area contributed by atoms with E-state index in [2.05, 4.69) is 12.3 Å². The summed E-state index contributed by atoms with van der Waals surface area (Å²) in [5, 5.41) is 0.789. The molecule has 3 N–H and O–H groups in total. The van der Waals surface area contributed by atoms with Gasteiger partial charge in [0.15, 0.2) is 0 Å². The summed E-state index contributed by atoms with van der Waals surface area (Å²) in [6, 6.07) is 7.97. The van der Waals surface area contributed by atoms with Crippen LogP contribution in [0.2, 0.25) is 5.02 Å². The largest absolute Gasteiger partial charge is 0.374 e. The second-order valence-electron chi connectivity index (χ2n) is 5.13. The van der Waals surface area contributed by atoms with E-state index >= 15 is 0 Å². The van der Waals surface area contributed by atoms with Crippen molar-refractivity contribution in [3.8, 4) is 0 Å². The summed E-state index contributed by atoms with van der Waals surface area (Å²) in [4.78, 5) is 0. The molecule has 0 bridgehead atoms. The average molecular weight is 269 g/mol. The second kappa shape index (κ2) is 6.02. The number of rotatable bonds is 4. The Morgan fingerprint density at radius 3 is 2.83 bits per heavy atom. The fourth-order valence-corrected chi connectivity index (χ4v) is 2.78. The summed E-state index contributed by atoms with van der Waals surface area (Å²) in [5.41, 5.74) is 3.81. The second-order valence-corrected chi connectivity index (χ2v) is 5.54. The van der Waals surface area contributed by atoms with Crippen molar-refractivity contribution >= 4 is 11.6 Å². The fraction of sp³-hybridized carbons (Fsp3) is 0.571. The Morgan fingerprint density at radius 2 is 2.22 bits per heavy atom. The first-order valence-corrected chi connectivity index (χ1v) is 6.87. The Kier molecular flexibility index (Phi) is 4.62. The van der Waals surface area contributed by atoms with Crippen molar-refractivity contribution in [1.82, 2.24) is 5.43 Å². The molecule has 1 aromatic rings. The van der Waals surface area contributed by atoms with Gasteiger partial charge in [0.25, 0.3) is 0 Å². The molecule has 1 saturated heterocycles. The number of hydrogen-bond acceptors (Lipinski definition) is 3. The molecule has 0 saturated carbocycles. The Balaban J connectivity index is 2.11. The Bertz CT molecular complexity index is 391. The molecule has 0 aromatic heterocycles. The van der Waals surface area contributed by atoms with Crippen molar-refractivity contribution < 1.29 is 4.74 Å². The molecular weight excluding hydrogens is 248 g/mol. The van der Waals surface area contributed by atoms with Crippen LogP contribution in [0.15, 0.2) is 24.3 Å². The molecule has 4 heteroatoms. The number of benzene rings is 1. The number of ether oxygens (including phenoxy) is 1. The molecule has 1 aromatic carbocycles. The predicted molar refractivity (Wildman–Crippen MR) is 74.5 cm³/mol. The smallest absolute Gasteiger partial charge is 0.0823 e. The number of nitrogens with one attached hydrogen (secondary N) is 1. The molecule has 0 amide bonds. The number of halogens is 1. The standard InChI is InChI=1S/C14H21ClN2O/c1-14(8-4-5-9-18-14)13(17-16)10-11-6-2-3-7-12(11)15/h2-3,6-7,13,17H,4-5,8-10,16H2,1H3. The lowest BCUT2D eigenvalue weighted by Gasteiger charge is -2.40. The zero-order valence-electron chi connectivity index (χ0n) is 10.8. The van der Waals surface area contributed by atoms with Crippen LogP contribution in [0, 0.1) is 0 Å². The van der Waals surface area contributed by atoms with Gasteiger partial charge in [0.2, 0.25) is 0 Å². The highest BCUT2D eigenvalue weighted by Crippen LogP contribution is 2.30. The van der Waals surface area contributed by atoms with Gasteiger partial charge in [-0.1, -0.05) is 29.8 Å². The highest BCUT2D eigenvalue weighted by Gasteiger charge is 2.36. The van der Waals surface area contributed by atoms with Crippen molar-refractivity contribution in [2.75, 3.05) is 6.61 Å². The fourth-order valence-electron chi connectivity index (χ4n) is 2.57. The number of nitrogens with two attached hydrogens (primary N) is 1. The van der Waals surface area contributed by atoms with Gasteiger partial charge >= 0.3 is 0 Å². The van der Waals surface area contributed by atoms with Crippen molar-refractivity contribution in [3.05, 3.63) is 34.9 Å².